The molecule has 1 atom stereocenters. The molecule has 104 valence electrons. The van der Waals surface area contributed by atoms with Gasteiger partial charge in [0.15, 0.2) is 0 Å². The molecule has 0 fully saturated rings. The predicted molar refractivity (Wildman–Crippen MR) is 79.4 cm³/mol. The average Bonchev–Trinajstić information content (AvgIpc) is 2.99. The Morgan fingerprint density at radius 2 is 2.05 bits per heavy atom. The van der Waals surface area contributed by atoms with Gasteiger partial charge in [-0.1, -0.05) is 12.1 Å². The molecule has 0 spiro atoms. The first-order valence-corrected chi connectivity index (χ1v) is 6.75. The molecule has 1 heterocycles. The van der Waals surface area contributed by atoms with E-state index in [9.17, 15) is 0 Å². The molecule has 0 amide bonds. The zero-order chi connectivity index (χ0) is 14.6. The van der Waals surface area contributed by atoms with Crippen LogP contribution in [-0.2, 0) is 0 Å². The molecule has 1 aromatic heterocycles. The van der Waals surface area contributed by atoms with Crippen molar-refractivity contribution >= 4 is 0 Å². The van der Waals surface area contributed by atoms with Crippen molar-refractivity contribution in [2.75, 3.05) is 6.54 Å². The second kappa shape index (κ2) is 5.89. The van der Waals surface area contributed by atoms with E-state index in [4.69, 9.17) is 5.26 Å². The monoisotopic (exact) mass is 268 g/mol. The largest absolute Gasteiger partial charge is 0.309 e. The fraction of sp³-hybridized carbons (Fsp3) is 0.375. The summed E-state index contributed by atoms with van der Waals surface area (Å²) in [5.41, 5.74) is 1.96. The maximum atomic E-state index is 9.02. The highest BCUT2D eigenvalue weighted by molar-refractivity contribution is 5.35. The van der Waals surface area contributed by atoms with Gasteiger partial charge in [0.2, 0.25) is 0 Å². The van der Waals surface area contributed by atoms with Crippen molar-refractivity contribution in [1.29, 1.82) is 5.26 Å². The van der Waals surface area contributed by atoms with Crippen LogP contribution >= 0.6 is 0 Å². The predicted octanol–water partition coefficient (Wildman–Crippen LogP) is 3.07. The fourth-order valence-electron chi connectivity index (χ4n) is 1.91. The lowest BCUT2D eigenvalue weighted by Gasteiger charge is -2.21. The van der Waals surface area contributed by atoms with Gasteiger partial charge in [-0.25, -0.2) is 4.98 Å². The number of nitrogens with one attached hydrogen (secondary N) is 1. The first-order chi connectivity index (χ1) is 9.52. The second-order valence-electron chi connectivity index (χ2n) is 5.66. The molecule has 2 aromatic rings. The van der Waals surface area contributed by atoms with Gasteiger partial charge in [0.05, 0.1) is 17.8 Å². The Balaban J connectivity index is 2.01. The minimum atomic E-state index is -0.342. The Hall–Kier alpha value is -2.12. The molecule has 4 nitrogen and oxygen atoms in total. The van der Waals surface area contributed by atoms with E-state index in [1.54, 1.807) is 12.5 Å². The summed E-state index contributed by atoms with van der Waals surface area (Å²) in [6, 6.07) is 10.9. The van der Waals surface area contributed by atoms with Crippen LogP contribution in [0.25, 0.3) is 5.69 Å². The molecule has 1 N–H and O–H groups in total. The Morgan fingerprint density at radius 1 is 1.35 bits per heavy atom. The summed E-state index contributed by atoms with van der Waals surface area (Å²) < 4.78 is 1.97. The van der Waals surface area contributed by atoms with Gasteiger partial charge in [0, 0.05) is 30.7 Å². The minimum Gasteiger partial charge on any atom is -0.309 e. The number of benzene rings is 1. The number of aromatic nitrogens is 2. The van der Waals surface area contributed by atoms with E-state index < -0.39 is 0 Å². The summed E-state index contributed by atoms with van der Waals surface area (Å²) in [6.45, 7) is 6.66. The van der Waals surface area contributed by atoms with Crippen LogP contribution in [0.3, 0.4) is 0 Å². The summed E-state index contributed by atoms with van der Waals surface area (Å²) in [5.74, 6) is 0. The number of hydrogen-bond acceptors (Lipinski definition) is 3. The van der Waals surface area contributed by atoms with Gasteiger partial charge >= 0.3 is 0 Å². The number of nitriles is 1. The van der Waals surface area contributed by atoms with E-state index in [-0.39, 0.29) is 11.5 Å². The van der Waals surface area contributed by atoms with Crippen LogP contribution in [-0.4, -0.2) is 16.1 Å². The van der Waals surface area contributed by atoms with Crippen molar-refractivity contribution < 1.29 is 0 Å². The molecule has 0 saturated heterocycles. The van der Waals surface area contributed by atoms with Gasteiger partial charge in [0.25, 0.3) is 0 Å². The third kappa shape index (κ3) is 3.46. The van der Waals surface area contributed by atoms with E-state index in [2.05, 4.69) is 47.6 Å². The smallest absolute Gasteiger partial charge is 0.0991 e. The molecule has 0 saturated carbocycles. The normalized spacial score (nSPS) is 12.9. The molecule has 0 aliphatic rings. The molecule has 0 radical (unpaired) electrons. The molecule has 1 unspecified atom stereocenters. The Morgan fingerprint density at radius 3 is 2.60 bits per heavy atom. The van der Waals surface area contributed by atoms with E-state index in [1.165, 1.54) is 5.56 Å². The quantitative estimate of drug-likeness (QED) is 0.906. The summed E-state index contributed by atoms with van der Waals surface area (Å²) in [5, 5.41) is 12.4. The van der Waals surface area contributed by atoms with Crippen LogP contribution in [0.5, 0.6) is 0 Å². The molecule has 20 heavy (non-hydrogen) atoms. The molecular formula is C16H20N4. The zero-order valence-electron chi connectivity index (χ0n) is 12.2. The highest BCUT2D eigenvalue weighted by Gasteiger charge is 2.17. The van der Waals surface area contributed by atoms with Gasteiger partial charge in [-0.05, 0) is 38.5 Å². The van der Waals surface area contributed by atoms with Crippen molar-refractivity contribution in [2.45, 2.75) is 26.8 Å². The maximum Gasteiger partial charge on any atom is 0.0991 e. The average molecular weight is 268 g/mol. The Labute approximate surface area is 120 Å². The van der Waals surface area contributed by atoms with E-state index >= 15 is 0 Å². The van der Waals surface area contributed by atoms with Gasteiger partial charge in [-0.2, -0.15) is 5.26 Å². The molecular weight excluding hydrogens is 248 g/mol. The topological polar surface area (TPSA) is 53.6 Å². The van der Waals surface area contributed by atoms with Crippen LogP contribution in [0.1, 0.15) is 32.4 Å². The lowest BCUT2D eigenvalue weighted by Crippen LogP contribution is -2.30. The molecule has 1 aromatic carbocycles. The molecule has 0 aliphatic carbocycles. The number of rotatable bonds is 5. The lowest BCUT2D eigenvalue weighted by atomic mass is 9.95. The standard InChI is InChI=1S/C16H20N4/c1-13(19-11-16(2,3)10-17)14-4-6-15(7-5-14)20-9-8-18-12-20/h4-9,12-13,19H,11H2,1-3H3. The second-order valence-corrected chi connectivity index (χ2v) is 5.66. The van der Waals surface area contributed by atoms with Gasteiger partial charge < -0.3 is 9.88 Å². The zero-order valence-corrected chi connectivity index (χ0v) is 12.2. The Kier molecular flexibility index (Phi) is 4.21. The van der Waals surface area contributed by atoms with Gasteiger partial charge in [0.1, 0.15) is 0 Å². The van der Waals surface area contributed by atoms with Gasteiger partial charge in [-0.15, -0.1) is 0 Å². The molecule has 2 rings (SSSR count). The fourth-order valence-corrected chi connectivity index (χ4v) is 1.91. The first kappa shape index (κ1) is 14.3. The van der Waals surface area contributed by atoms with Crippen LogP contribution < -0.4 is 5.32 Å². The van der Waals surface area contributed by atoms with Crippen molar-refractivity contribution in [3.8, 4) is 11.8 Å². The minimum absolute atomic E-state index is 0.222. The Bertz CT molecular complexity index is 576. The van der Waals surface area contributed by atoms with Crippen molar-refractivity contribution in [3.05, 3.63) is 48.5 Å². The van der Waals surface area contributed by atoms with Crippen molar-refractivity contribution in [1.82, 2.24) is 14.9 Å². The molecule has 0 aliphatic heterocycles. The molecule has 4 heteroatoms. The van der Waals surface area contributed by atoms with Crippen LogP contribution in [0.2, 0.25) is 0 Å². The van der Waals surface area contributed by atoms with Crippen molar-refractivity contribution in [3.63, 3.8) is 0 Å². The van der Waals surface area contributed by atoms with E-state index in [0.29, 0.717) is 6.54 Å². The summed E-state index contributed by atoms with van der Waals surface area (Å²) in [7, 11) is 0. The third-order valence-electron chi connectivity index (χ3n) is 3.35. The number of nitrogens with zero attached hydrogens (tertiary/aromatic N) is 3. The summed E-state index contributed by atoms with van der Waals surface area (Å²) >= 11 is 0. The van der Waals surface area contributed by atoms with Crippen LogP contribution in [0, 0.1) is 16.7 Å². The molecule has 0 bridgehead atoms. The maximum absolute atomic E-state index is 9.02. The van der Waals surface area contributed by atoms with E-state index in [0.717, 1.165) is 5.69 Å². The number of hydrogen-bond donors (Lipinski definition) is 1. The third-order valence-corrected chi connectivity index (χ3v) is 3.35. The van der Waals surface area contributed by atoms with E-state index in [1.807, 2.05) is 24.6 Å². The summed E-state index contributed by atoms with van der Waals surface area (Å²) in [4.78, 5) is 4.04. The number of imidazole rings is 1. The highest BCUT2D eigenvalue weighted by atomic mass is 15.0. The van der Waals surface area contributed by atoms with Crippen LogP contribution in [0.4, 0.5) is 0 Å². The van der Waals surface area contributed by atoms with Crippen molar-refractivity contribution in [2.24, 2.45) is 5.41 Å². The van der Waals surface area contributed by atoms with Crippen LogP contribution in [0.15, 0.2) is 43.0 Å². The van der Waals surface area contributed by atoms with Gasteiger partial charge in [-0.3, -0.25) is 0 Å². The first-order valence-electron chi connectivity index (χ1n) is 6.75. The SMILES string of the molecule is CC(NCC(C)(C)C#N)c1ccc(-n2ccnc2)cc1. The lowest BCUT2D eigenvalue weighted by molar-refractivity contribution is 0.415. The summed E-state index contributed by atoms with van der Waals surface area (Å²) in [6.07, 6.45) is 5.47. The highest BCUT2D eigenvalue weighted by Crippen LogP contribution is 2.18.